The Hall–Kier alpha value is -0.910. The van der Waals surface area contributed by atoms with Crippen LogP contribution >= 0.6 is 0 Å². The molecule has 1 fully saturated rings. The zero-order chi connectivity index (χ0) is 14.4. The Kier molecular flexibility index (Phi) is 5.57. The van der Waals surface area contributed by atoms with Crippen LogP contribution in [0, 0.1) is 0 Å². The fraction of sp³-hybridized carbons (Fsp3) is 0.600. The van der Waals surface area contributed by atoms with E-state index in [4.69, 9.17) is 0 Å². The highest BCUT2D eigenvalue weighted by atomic mass is 32.2. The predicted molar refractivity (Wildman–Crippen MR) is 82.0 cm³/mol. The molecule has 0 spiro atoms. The second-order valence-corrected chi connectivity index (χ2v) is 7.26. The van der Waals surface area contributed by atoms with Crippen LogP contribution in [-0.2, 0) is 10.0 Å². The fourth-order valence-corrected chi connectivity index (χ4v) is 3.58. The van der Waals surface area contributed by atoms with Crippen LogP contribution in [0.3, 0.4) is 0 Å². The lowest BCUT2D eigenvalue weighted by molar-refractivity contribution is 0.545. The molecule has 0 saturated heterocycles. The summed E-state index contributed by atoms with van der Waals surface area (Å²) in [5, 5.41) is 3.34. The molecule has 2 rings (SSSR count). The molecule has 0 radical (unpaired) electrons. The summed E-state index contributed by atoms with van der Waals surface area (Å²) in [7, 11) is -3.21. The van der Waals surface area contributed by atoms with Gasteiger partial charge in [-0.25, -0.2) is 13.1 Å². The summed E-state index contributed by atoms with van der Waals surface area (Å²) in [6, 6.07) is 10.2. The van der Waals surface area contributed by atoms with E-state index < -0.39 is 10.0 Å². The second kappa shape index (κ2) is 7.20. The van der Waals surface area contributed by atoms with Gasteiger partial charge < -0.3 is 5.32 Å². The smallest absolute Gasteiger partial charge is 0.212 e. The Morgan fingerprint density at radius 1 is 1.25 bits per heavy atom. The molecule has 0 aromatic heterocycles. The van der Waals surface area contributed by atoms with E-state index in [0.717, 1.165) is 18.5 Å². The first-order chi connectivity index (χ1) is 9.61. The maximum Gasteiger partial charge on any atom is 0.212 e. The summed E-state index contributed by atoms with van der Waals surface area (Å²) in [5.41, 5.74) is 1.02. The Labute approximate surface area is 122 Å². The van der Waals surface area contributed by atoms with E-state index in [1.54, 1.807) is 0 Å². The highest BCUT2D eigenvalue weighted by molar-refractivity contribution is 7.89. The number of hydrogen-bond donors (Lipinski definition) is 2. The van der Waals surface area contributed by atoms with Gasteiger partial charge in [-0.3, -0.25) is 0 Å². The summed E-state index contributed by atoms with van der Waals surface area (Å²) < 4.78 is 27.0. The lowest BCUT2D eigenvalue weighted by Gasteiger charge is -2.17. The van der Waals surface area contributed by atoms with Gasteiger partial charge >= 0.3 is 0 Å². The minimum absolute atomic E-state index is 0.127. The maximum atomic E-state index is 12.1. The van der Waals surface area contributed by atoms with Crippen molar-refractivity contribution in [1.29, 1.82) is 0 Å². The topological polar surface area (TPSA) is 58.2 Å². The third kappa shape index (κ3) is 5.23. The first kappa shape index (κ1) is 15.5. The zero-order valence-corrected chi connectivity index (χ0v) is 12.8. The molecule has 1 unspecified atom stereocenters. The molecule has 20 heavy (non-hydrogen) atoms. The van der Waals surface area contributed by atoms with Crippen LogP contribution in [0.2, 0.25) is 0 Å². The average Bonchev–Trinajstić information content (AvgIpc) is 3.26. The van der Waals surface area contributed by atoms with Gasteiger partial charge in [-0.15, -0.1) is 0 Å². The normalized spacial score (nSPS) is 17.1. The quantitative estimate of drug-likeness (QED) is 0.687. The highest BCUT2D eigenvalue weighted by Gasteiger charge is 2.21. The summed E-state index contributed by atoms with van der Waals surface area (Å²) >= 11 is 0. The zero-order valence-electron chi connectivity index (χ0n) is 12.0. The standard InChI is InChI=1S/C15H24N2O2S/c1-2-15(13-7-4-3-5-8-13)17-20(18,19)12-6-11-16-14-9-10-14/h3-5,7-8,14-17H,2,6,9-12H2,1H3. The molecule has 0 aliphatic heterocycles. The Morgan fingerprint density at radius 3 is 2.55 bits per heavy atom. The molecule has 1 aromatic rings. The van der Waals surface area contributed by atoms with Crippen LogP contribution in [0.15, 0.2) is 30.3 Å². The number of nitrogens with one attached hydrogen (secondary N) is 2. The maximum absolute atomic E-state index is 12.1. The largest absolute Gasteiger partial charge is 0.314 e. The van der Waals surface area contributed by atoms with Gasteiger partial charge in [0.05, 0.1) is 5.75 Å². The molecule has 1 saturated carbocycles. The molecule has 2 N–H and O–H groups in total. The lowest BCUT2D eigenvalue weighted by Crippen LogP contribution is -2.31. The van der Waals surface area contributed by atoms with Gasteiger partial charge in [-0.05, 0) is 37.8 Å². The molecule has 1 aliphatic carbocycles. The van der Waals surface area contributed by atoms with Crippen LogP contribution in [0.1, 0.15) is 44.2 Å². The van der Waals surface area contributed by atoms with Gasteiger partial charge in [0, 0.05) is 12.1 Å². The van der Waals surface area contributed by atoms with Crippen molar-refractivity contribution in [3.63, 3.8) is 0 Å². The Morgan fingerprint density at radius 2 is 1.95 bits per heavy atom. The van der Waals surface area contributed by atoms with Crippen molar-refractivity contribution >= 4 is 10.0 Å². The molecule has 1 atom stereocenters. The van der Waals surface area contributed by atoms with E-state index in [1.807, 2.05) is 37.3 Å². The van der Waals surface area contributed by atoms with Crippen LogP contribution in [0.4, 0.5) is 0 Å². The van der Waals surface area contributed by atoms with Gasteiger partial charge in [0.2, 0.25) is 10.0 Å². The summed E-state index contributed by atoms with van der Waals surface area (Å²) in [5.74, 6) is 0.191. The van der Waals surface area contributed by atoms with Crippen LogP contribution in [-0.4, -0.2) is 26.8 Å². The third-order valence-corrected chi connectivity index (χ3v) is 5.00. The molecule has 112 valence electrons. The van der Waals surface area contributed by atoms with Gasteiger partial charge in [0.15, 0.2) is 0 Å². The molecule has 0 heterocycles. The average molecular weight is 296 g/mol. The van der Waals surface area contributed by atoms with E-state index in [0.29, 0.717) is 12.5 Å². The van der Waals surface area contributed by atoms with Crippen molar-refractivity contribution in [3.05, 3.63) is 35.9 Å². The van der Waals surface area contributed by atoms with Gasteiger partial charge in [-0.1, -0.05) is 37.3 Å². The molecular weight excluding hydrogens is 272 g/mol. The fourth-order valence-electron chi connectivity index (χ4n) is 2.20. The van der Waals surface area contributed by atoms with Crippen molar-refractivity contribution in [2.24, 2.45) is 0 Å². The Bertz CT molecular complexity index is 498. The van der Waals surface area contributed by atoms with Crippen molar-refractivity contribution in [1.82, 2.24) is 10.0 Å². The number of rotatable bonds is 9. The van der Waals surface area contributed by atoms with Crippen LogP contribution < -0.4 is 10.0 Å². The summed E-state index contributed by atoms with van der Waals surface area (Å²) in [6.45, 7) is 2.78. The van der Waals surface area contributed by atoms with Crippen molar-refractivity contribution in [2.75, 3.05) is 12.3 Å². The molecule has 0 bridgehead atoms. The minimum Gasteiger partial charge on any atom is -0.314 e. The highest BCUT2D eigenvalue weighted by Crippen LogP contribution is 2.19. The lowest BCUT2D eigenvalue weighted by atomic mass is 10.1. The van der Waals surface area contributed by atoms with Crippen molar-refractivity contribution in [3.8, 4) is 0 Å². The third-order valence-electron chi connectivity index (χ3n) is 3.53. The summed E-state index contributed by atoms with van der Waals surface area (Å²) in [6.07, 6.45) is 3.88. The Balaban J connectivity index is 1.81. The van der Waals surface area contributed by atoms with Gasteiger partial charge in [0.1, 0.15) is 0 Å². The van der Waals surface area contributed by atoms with E-state index >= 15 is 0 Å². The van der Waals surface area contributed by atoms with Crippen LogP contribution in [0.25, 0.3) is 0 Å². The predicted octanol–water partition coefficient (Wildman–Crippen LogP) is 2.20. The van der Waals surface area contributed by atoms with E-state index in [2.05, 4.69) is 10.0 Å². The SMILES string of the molecule is CCC(NS(=O)(=O)CCCNC1CC1)c1ccccc1. The number of benzene rings is 1. The number of sulfonamides is 1. The minimum atomic E-state index is -3.21. The van der Waals surface area contributed by atoms with Gasteiger partial charge in [-0.2, -0.15) is 0 Å². The van der Waals surface area contributed by atoms with Crippen molar-refractivity contribution < 1.29 is 8.42 Å². The van der Waals surface area contributed by atoms with Gasteiger partial charge in [0.25, 0.3) is 0 Å². The van der Waals surface area contributed by atoms with E-state index in [-0.39, 0.29) is 11.8 Å². The summed E-state index contributed by atoms with van der Waals surface area (Å²) in [4.78, 5) is 0. The first-order valence-corrected chi connectivity index (χ1v) is 9.04. The van der Waals surface area contributed by atoms with Crippen LogP contribution in [0.5, 0.6) is 0 Å². The second-order valence-electron chi connectivity index (χ2n) is 5.39. The molecule has 0 amide bonds. The monoisotopic (exact) mass is 296 g/mol. The van der Waals surface area contributed by atoms with E-state index in [1.165, 1.54) is 12.8 Å². The molecule has 1 aliphatic rings. The molecular formula is C15H24N2O2S. The molecule has 4 nitrogen and oxygen atoms in total. The van der Waals surface area contributed by atoms with Crippen molar-refractivity contribution in [2.45, 2.75) is 44.7 Å². The first-order valence-electron chi connectivity index (χ1n) is 7.39. The molecule has 1 aromatic carbocycles. The van der Waals surface area contributed by atoms with E-state index in [9.17, 15) is 8.42 Å². The molecule has 5 heteroatoms. The number of hydrogen-bond acceptors (Lipinski definition) is 3.